The number of aryl methyl sites for hydroxylation is 2. The number of thioether (sulfide) groups is 1. The number of imide groups is 1. The first-order chi connectivity index (χ1) is 16.6. The minimum atomic E-state index is -0.343. The van der Waals surface area contributed by atoms with Crippen LogP contribution in [0.5, 0.6) is 5.75 Å². The number of carbonyl (C=O) groups excluding carboxylic acids is 2. The van der Waals surface area contributed by atoms with Crippen molar-refractivity contribution in [1.29, 1.82) is 0 Å². The van der Waals surface area contributed by atoms with Crippen LogP contribution >= 0.6 is 23.1 Å². The molecule has 0 atom stereocenters. The average Bonchev–Trinajstić information content (AvgIpc) is 3.25. The van der Waals surface area contributed by atoms with Crippen LogP contribution in [0.4, 0.5) is 4.79 Å². The Bertz CT molecular complexity index is 1280. The summed E-state index contributed by atoms with van der Waals surface area (Å²) in [6, 6.07) is 7.08. The number of ether oxygens (including phenoxy) is 1. The molecule has 8 nitrogen and oxygen atoms in total. The van der Waals surface area contributed by atoms with E-state index >= 15 is 0 Å². The van der Waals surface area contributed by atoms with E-state index in [2.05, 4.69) is 5.32 Å². The second-order valence-corrected chi connectivity index (χ2v) is 10.5. The highest BCUT2D eigenvalue weighted by Gasteiger charge is 2.28. The van der Waals surface area contributed by atoms with Gasteiger partial charge >= 0.3 is 6.03 Å². The molecule has 3 heterocycles. The van der Waals surface area contributed by atoms with E-state index in [4.69, 9.17) is 9.72 Å². The van der Waals surface area contributed by atoms with Gasteiger partial charge < -0.3 is 10.1 Å². The average molecular weight is 499 g/mol. The van der Waals surface area contributed by atoms with Crippen LogP contribution in [0.15, 0.2) is 34.2 Å². The lowest BCUT2D eigenvalue weighted by Gasteiger charge is -2.14. The van der Waals surface area contributed by atoms with Crippen LogP contribution in [0.25, 0.3) is 15.9 Å². The van der Waals surface area contributed by atoms with Crippen molar-refractivity contribution in [3.63, 3.8) is 0 Å². The predicted octanol–water partition coefficient (Wildman–Crippen LogP) is 3.76. The number of fused-ring (bicyclic) bond motifs is 3. The molecule has 10 heteroatoms. The molecule has 2 aliphatic rings. The van der Waals surface area contributed by atoms with E-state index in [9.17, 15) is 14.4 Å². The van der Waals surface area contributed by atoms with Gasteiger partial charge in [0.2, 0.25) is 5.91 Å². The van der Waals surface area contributed by atoms with Crippen molar-refractivity contribution in [2.24, 2.45) is 0 Å². The monoisotopic (exact) mass is 498 g/mol. The molecule has 5 rings (SSSR count). The Labute approximate surface area is 205 Å². The van der Waals surface area contributed by atoms with Gasteiger partial charge in [-0.2, -0.15) is 0 Å². The molecular formula is C24H26N4O4S2. The zero-order chi connectivity index (χ0) is 23.7. The Balaban J connectivity index is 1.49. The van der Waals surface area contributed by atoms with Crippen LogP contribution in [-0.2, 0) is 17.6 Å². The number of nitrogens with one attached hydrogen (secondary N) is 1. The number of carbonyl (C=O) groups is 2. The Morgan fingerprint density at radius 3 is 2.65 bits per heavy atom. The molecule has 0 unspecified atom stereocenters. The zero-order valence-electron chi connectivity index (χ0n) is 19.0. The minimum absolute atomic E-state index is 0.0360. The third kappa shape index (κ3) is 4.32. The molecule has 178 valence electrons. The van der Waals surface area contributed by atoms with Crippen molar-refractivity contribution >= 4 is 45.3 Å². The summed E-state index contributed by atoms with van der Waals surface area (Å²) in [6.07, 6.45) is 5.98. The van der Waals surface area contributed by atoms with Crippen LogP contribution in [0.1, 0.15) is 36.1 Å². The van der Waals surface area contributed by atoms with Crippen molar-refractivity contribution in [3.8, 4) is 11.4 Å². The van der Waals surface area contributed by atoms with Crippen molar-refractivity contribution < 1.29 is 14.3 Å². The highest BCUT2D eigenvalue weighted by atomic mass is 32.2. The number of rotatable bonds is 7. The molecule has 3 aromatic rings. The number of hydrogen-bond acceptors (Lipinski definition) is 7. The lowest BCUT2D eigenvalue weighted by Crippen LogP contribution is -2.32. The van der Waals surface area contributed by atoms with Crippen molar-refractivity contribution in [3.05, 3.63) is 45.1 Å². The number of urea groups is 1. The van der Waals surface area contributed by atoms with E-state index in [1.165, 1.54) is 33.5 Å². The summed E-state index contributed by atoms with van der Waals surface area (Å²) in [5, 5.41) is 3.91. The SMILES string of the molecule is COc1ccc(-n2c(SCCCN3C(=O)CNC3=O)nc3sc4c(c3c2=O)CCCCC4)cc1. The summed E-state index contributed by atoms with van der Waals surface area (Å²) in [5.74, 6) is 1.14. The Kier molecular flexibility index (Phi) is 6.60. The smallest absolute Gasteiger partial charge is 0.324 e. The summed E-state index contributed by atoms with van der Waals surface area (Å²) in [5.41, 5.74) is 1.88. The van der Waals surface area contributed by atoms with Gasteiger partial charge in [0.1, 0.15) is 10.6 Å². The summed E-state index contributed by atoms with van der Waals surface area (Å²) in [7, 11) is 1.61. The number of amides is 3. The molecule has 34 heavy (non-hydrogen) atoms. The summed E-state index contributed by atoms with van der Waals surface area (Å²) in [6.45, 7) is 0.407. The van der Waals surface area contributed by atoms with Crippen molar-refractivity contribution in [2.75, 3.05) is 26.0 Å². The molecule has 1 fully saturated rings. The Morgan fingerprint density at radius 1 is 1.12 bits per heavy atom. The van der Waals surface area contributed by atoms with E-state index in [0.717, 1.165) is 47.3 Å². The molecular weight excluding hydrogens is 472 g/mol. The molecule has 1 aliphatic carbocycles. The van der Waals surface area contributed by atoms with Gasteiger partial charge in [-0.1, -0.05) is 18.2 Å². The highest BCUT2D eigenvalue weighted by Crippen LogP contribution is 2.35. The van der Waals surface area contributed by atoms with Gasteiger partial charge in [0.25, 0.3) is 5.56 Å². The maximum Gasteiger partial charge on any atom is 0.324 e. The zero-order valence-corrected chi connectivity index (χ0v) is 20.6. The molecule has 1 aliphatic heterocycles. The normalized spacial score (nSPS) is 16.0. The molecule has 3 amide bonds. The molecule has 1 saturated heterocycles. The van der Waals surface area contributed by atoms with Crippen LogP contribution in [0, 0.1) is 0 Å². The Hall–Kier alpha value is -2.85. The standard InChI is InChI=1S/C24H26N4O4S2/c1-32-16-10-8-15(9-11-16)28-22(30)20-17-6-3-2-4-7-18(17)34-21(20)26-24(28)33-13-5-12-27-19(29)14-25-23(27)31/h8-11H,2-7,12-14H2,1H3,(H,25,31). The number of aromatic nitrogens is 2. The Morgan fingerprint density at radius 2 is 1.91 bits per heavy atom. The minimum Gasteiger partial charge on any atom is -0.497 e. The second-order valence-electron chi connectivity index (χ2n) is 8.38. The first-order valence-electron chi connectivity index (χ1n) is 11.5. The molecule has 0 saturated carbocycles. The van der Waals surface area contributed by atoms with Crippen molar-refractivity contribution in [1.82, 2.24) is 19.8 Å². The van der Waals surface area contributed by atoms with Gasteiger partial charge in [-0.15, -0.1) is 11.3 Å². The maximum absolute atomic E-state index is 13.9. The third-order valence-electron chi connectivity index (χ3n) is 6.23. The van der Waals surface area contributed by atoms with E-state index in [-0.39, 0.29) is 24.0 Å². The van der Waals surface area contributed by atoms with Gasteiger partial charge in [-0.25, -0.2) is 9.78 Å². The molecule has 0 radical (unpaired) electrons. The third-order valence-corrected chi connectivity index (χ3v) is 8.44. The predicted molar refractivity (Wildman–Crippen MR) is 133 cm³/mol. The van der Waals surface area contributed by atoms with Crippen LogP contribution in [0.2, 0.25) is 0 Å². The second kappa shape index (κ2) is 9.79. The van der Waals surface area contributed by atoms with Crippen LogP contribution < -0.4 is 15.6 Å². The molecule has 0 bridgehead atoms. The maximum atomic E-state index is 13.9. The summed E-state index contributed by atoms with van der Waals surface area (Å²) in [4.78, 5) is 45.7. The van der Waals surface area contributed by atoms with E-state index in [0.29, 0.717) is 23.9 Å². The number of methoxy groups -OCH3 is 1. The first-order valence-corrected chi connectivity index (χ1v) is 13.3. The lowest BCUT2D eigenvalue weighted by molar-refractivity contribution is -0.124. The molecule has 1 aromatic carbocycles. The van der Waals surface area contributed by atoms with Gasteiger partial charge in [0, 0.05) is 17.2 Å². The van der Waals surface area contributed by atoms with Gasteiger partial charge in [-0.3, -0.25) is 19.1 Å². The van der Waals surface area contributed by atoms with Crippen molar-refractivity contribution in [2.45, 2.75) is 43.7 Å². The van der Waals surface area contributed by atoms with E-state index in [1.54, 1.807) is 23.0 Å². The lowest BCUT2D eigenvalue weighted by atomic mass is 10.1. The molecule has 0 spiro atoms. The molecule has 1 N–H and O–H groups in total. The fourth-order valence-corrected chi connectivity index (χ4v) is 6.73. The number of hydrogen-bond donors (Lipinski definition) is 1. The topological polar surface area (TPSA) is 93.5 Å². The number of thiophene rings is 1. The van der Waals surface area contributed by atoms with Gasteiger partial charge in [0.05, 0.1) is 24.7 Å². The summed E-state index contributed by atoms with van der Waals surface area (Å²) >= 11 is 3.12. The van der Waals surface area contributed by atoms with Crippen LogP contribution in [-0.4, -0.2) is 52.3 Å². The number of benzene rings is 1. The molecule has 2 aromatic heterocycles. The van der Waals surface area contributed by atoms with Gasteiger partial charge in [0.15, 0.2) is 5.16 Å². The quantitative estimate of drug-likeness (QED) is 0.175. The fraction of sp³-hybridized carbons (Fsp3) is 0.417. The largest absolute Gasteiger partial charge is 0.497 e. The van der Waals surface area contributed by atoms with Gasteiger partial charge in [-0.05, 0) is 61.9 Å². The van der Waals surface area contributed by atoms with Crippen LogP contribution in [0.3, 0.4) is 0 Å². The first kappa shape index (κ1) is 22.9. The van der Waals surface area contributed by atoms with E-state index in [1.807, 2.05) is 24.3 Å². The highest BCUT2D eigenvalue weighted by molar-refractivity contribution is 7.99. The fourth-order valence-electron chi connectivity index (χ4n) is 4.49. The number of nitrogens with zero attached hydrogens (tertiary/aromatic N) is 3. The van der Waals surface area contributed by atoms with E-state index < -0.39 is 0 Å². The summed E-state index contributed by atoms with van der Waals surface area (Å²) < 4.78 is 6.98.